The van der Waals surface area contributed by atoms with E-state index in [1.165, 1.54) is 6.42 Å². The fraction of sp³-hybridized carbons (Fsp3) is 0.929. The van der Waals surface area contributed by atoms with E-state index in [4.69, 9.17) is 5.11 Å². The fourth-order valence-corrected chi connectivity index (χ4v) is 2.91. The molecule has 3 unspecified atom stereocenters. The summed E-state index contributed by atoms with van der Waals surface area (Å²) in [7, 11) is 0. The zero-order chi connectivity index (χ0) is 13.0. The summed E-state index contributed by atoms with van der Waals surface area (Å²) in [4.78, 5) is 13.4. The van der Waals surface area contributed by atoms with Gasteiger partial charge in [0.25, 0.3) is 0 Å². The van der Waals surface area contributed by atoms with Gasteiger partial charge in [-0.25, -0.2) is 0 Å². The minimum atomic E-state index is -0.626. The topological polar surface area (TPSA) is 40.5 Å². The number of aliphatic carboxylic acids is 1. The van der Waals surface area contributed by atoms with Crippen molar-refractivity contribution in [2.75, 3.05) is 13.1 Å². The van der Waals surface area contributed by atoms with Gasteiger partial charge in [0.05, 0.1) is 5.92 Å². The molecule has 1 fully saturated rings. The number of piperidine rings is 1. The largest absolute Gasteiger partial charge is 0.481 e. The molecule has 1 aliphatic rings. The monoisotopic (exact) mass is 241 g/mol. The molecule has 3 nitrogen and oxygen atoms in total. The number of hydrogen-bond acceptors (Lipinski definition) is 2. The zero-order valence-corrected chi connectivity index (χ0v) is 11.6. The van der Waals surface area contributed by atoms with Crippen LogP contribution in [-0.2, 0) is 4.79 Å². The second kappa shape index (κ2) is 6.39. The summed E-state index contributed by atoms with van der Waals surface area (Å²) >= 11 is 0. The lowest BCUT2D eigenvalue weighted by Crippen LogP contribution is -2.45. The second-order valence-electron chi connectivity index (χ2n) is 6.15. The van der Waals surface area contributed by atoms with E-state index in [-0.39, 0.29) is 5.92 Å². The highest BCUT2D eigenvalue weighted by atomic mass is 16.4. The third-order valence-corrected chi connectivity index (χ3v) is 3.78. The van der Waals surface area contributed by atoms with Crippen LogP contribution in [0.5, 0.6) is 0 Å². The Kier molecular flexibility index (Phi) is 5.44. The molecule has 0 aliphatic carbocycles. The van der Waals surface area contributed by atoms with E-state index in [0.717, 1.165) is 31.8 Å². The molecular weight excluding hydrogens is 214 g/mol. The molecule has 0 aromatic rings. The van der Waals surface area contributed by atoms with Crippen LogP contribution in [0.4, 0.5) is 0 Å². The quantitative estimate of drug-likeness (QED) is 0.804. The van der Waals surface area contributed by atoms with Gasteiger partial charge in [-0.2, -0.15) is 0 Å². The molecule has 0 radical (unpaired) electrons. The molecule has 100 valence electrons. The molecule has 0 amide bonds. The fourth-order valence-electron chi connectivity index (χ4n) is 2.91. The van der Waals surface area contributed by atoms with Crippen LogP contribution in [0.2, 0.25) is 0 Å². The van der Waals surface area contributed by atoms with Crippen LogP contribution >= 0.6 is 0 Å². The van der Waals surface area contributed by atoms with Crippen molar-refractivity contribution in [2.24, 2.45) is 17.8 Å². The molecule has 3 atom stereocenters. The Morgan fingerprint density at radius 1 is 1.35 bits per heavy atom. The van der Waals surface area contributed by atoms with Crippen molar-refractivity contribution in [2.45, 2.75) is 53.0 Å². The standard InChI is InChI=1S/C14H27NO2/c1-10(2)7-11(3)8-15-9-13(14(16)17)6-5-12(15)4/h10-13H,5-9H2,1-4H3,(H,16,17). The van der Waals surface area contributed by atoms with Crippen molar-refractivity contribution in [3.05, 3.63) is 0 Å². The molecule has 1 saturated heterocycles. The Hall–Kier alpha value is -0.570. The number of likely N-dealkylation sites (tertiary alicyclic amines) is 1. The SMILES string of the molecule is CC(C)CC(C)CN1CC(C(=O)O)CCC1C. The minimum absolute atomic E-state index is 0.155. The Bertz CT molecular complexity index is 253. The maximum Gasteiger partial charge on any atom is 0.307 e. The van der Waals surface area contributed by atoms with Crippen molar-refractivity contribution in [1.82, 2.24) is 4.90 Å². The highest BCUT2D eigenvalue weighted by Crippen LogP contribution is 2.24. The maximum absolute atomic E-state index is 11.0. The predicted octanol–water partition coefficient (Wildman–Crippen LogP) is 2.85. The lowest BCUT2D eigenvalue weighted by molar-refractivity contribution is -0.144. The van der Waals surface area contributed by atoms with Crippen molar-refractivity contribution >= 4 is 5.97 Å². The van der Waals surface area contributed by atoms with Crippen molar-refractivity contribution in [3.8, 4) is 0 Å². The molecule has 1 heterocycles. The predicted molar refractivity (Wildman–Crippen MR) is 70.0 cm³/mol. The number of hydrogen-bond donors (Lipinski definition) is 1. The highest BCUT2D eigenvalue weighted by molar-refractivity contribution is 5.70. The second-order valence-corrected chi connectivity index (χ2v) is 6.15. The van der Waals surface area contributed by atoms with Gasteiger partial charge in [0.15, 0.2) is 0 Å². The Labute approximate surface area is 105 Å². The summed E-state index contributed by atoms with van der Waals surface area (Å²) in [5.41, 5.74) is 0. The Morgan fingerprint density at radius 3 is 2.53 bits per heavy atom. The van der Waals surface area contributed by atoms with Gasteiger partial charge in [-0.3, -0.25) is 9.69 Å². The molecule has 0 spiro atoms. The molecule has 0 aromatic carbocycles. The van der Waals surface area contributed by atoms with E-state index in [2.05, 4.69) is 32.6 Å². The van der Waals surface area contributed by atoms with Gasteiger partial charge in [0.2, 0.25) is 0 Å². The lowest BCUT2D eigenvalue weighted by atomic mass is 9.91. The van der Waals surface area contributed by atoms with Crippen molar-refractivity contribution in [3.63, 3.8) is 0 Å². The number of carboxylic acid groups (broad SMARTS) is 1. The van der Waals surface area contributed by atoms with Gasteiger partial charge in [-0.05, 0) is 38.0 Å². The molecule has 1 aliphatic heterocycles. The zero-order valence-electron chi connectivity index (χ0n) is 11.6. The maximum atomic E-state index is 11.0. The van der Waals surface area contributed by atoms with Crippen LogP contribution in [-0.4, -0.2) is 35.1 Å². The summed E-state index contributed by atoms with van der Waals surface area (Å²) in [6.45, 7) is 10.8. The number of carbonyl (C=O) groups is 1. The van der Waals surface area contributed by atoms with Gasteiger partial charge in [0.1, 0.15) is 0 Å². The van der Waals surface area contributed by atoms with E-state index < -0.39 is 5.97 Å². The van der Waals surface area contributed by atoms with Crippen molar-refractivity contribution < 1.29 is 9.90 Å². The summed E-state index contributed by atoms with van der Waals surface area (Å²) in [6.07, 6.45) is 3.08. The van der Waals surface area contributed by atoms with Gasteiger partial charge in [-0.1, -0.05) is 20.8 Å². The molecule has 17 heavy (non-hydrogen) atoms. The van der Waals surface area contributed by atoms with E-state index in [1.807, 2.05) is 0 Å². The first-order chi connectivity index (χ1) is 7.90. The normalized spacial score (nSPS) is 28.3. The smallest absolute Gasteiger partial charge is 0.307 e. The van der Waals surface area contributed by atoms with E-state index >= 15 is 0 Å². The average Bonchev–Trinajstić information content (AvgIpc) is 2.19. The summed E-state index contributed by atoms with van der Waals surface area (Å²) in [5.74, 6) is 0.598. The first-order valence-corrected chi connectivity index (χ1v) is 6.87. The first kappa shape index (κ1) is 14.5. The third kappa shape index (κ3) is 4.66. The van der Waals surface area contributed by atoms with Gasteiger partial charge >= 0.3 is 5.97 Å². The Morgan fingerprint density at radius 2 is 2.00 bits per heavy atom. The molecule has 0 bridgehead atoms. The number of nitrogens with zero attached hydrogens (tertiary/aromatic N) is 1. The van der Waals surface area contributed by atoms with E-state index in [9.17, 15) is 4.79 Å². The van der Waals surface area contributed by atoms with E-state index in [0.29, 0.717) is 12.0 Å². The molecule has 0 saturated carbocycles. The number of rotatable bonds is 5. The number of carboxylic acids is 1. The minimum Gasteiger partial charge on any atom is -0.481 e. The molecule has 1 rings (SSSR count). The van der Waals surface area contributed by atoms with Crippen molar-refractivity contribution in [1.29, 1.82) is 0 Å². The van der Waals surface area contributed by atoms with Gasteiger partial charge in [0, 0.05) is 19.1 Å². The summed E-state index contributed by atoms with van der Waals surface area (Å²) < 4.78 is 0. The van der Waals surface area contributed by atoms with Crippen LogP contribution in [0.25, 0.3) is 0 Å². The van der Waals surface area contributed by atoms with Crippen LogP contribution in [0.3, 0.4) is 0 Å². The Balaban J connectivity index is 2.47. The van der Waals surface area contributed by atoms with Gasteiger partial charge < -0.3 is 5.11 Å². The van der Waals surface area contributed by atoms with E-state index in [1.54, 1.807) is 0 Å². The lowest BCUT2D eigenvalue weighted by Gasteiger charge is -2.38. The summed E-state index contributed by atoms with van der Waals surface area (Å²) in [6, 6.07) is 0.542. The van der Waals surface area contributed by atoms with Crippen LogP contribution in [0.15, 0.2) is 0 Å². The highest BCUT2D eigenvalue weighted by Gasteiger charge is 2.30. The molecular formula is C14H27NO2. The average molecular weight is 241 g/mol. The van der Waals surface area contributed by atoms with Crippen LogP contribution in [0.1, 0.15) is 47.0 Å². The van der Waals surface area contributed by atoms with Crippen LogP contribution < -0.4 is 0 Å². The van der Waals surface area contributed by atoms with Crippen LogP contribution in [0, 0.1) is 17.8 Å². The summed E-state index contributed by atoms with van der Waals surface area (Å²) in [5, 5.41) is 9.10. The van der Waals surface area contributed by atoms with Gasteiger partial charge in [-0.15, -0.1) is 0 Å². The first-order valence-electron chi connectivity index (χ1n) is 6.87. The molecule has 1 N–H and O–H groups in total. The molecule has 3 heteroatoms. The third-order valence-electron chi connectivity index (χ3n) is 3.78. The molecule has 0 aromatic heterocycles.